The van der Waals surface area contributed by atoms with Crippen molar-refractivity contribution in [2.75, 3.05) is 12.4 Å². The number of hydrogen-bond acceptors (Lipinski definition) is 5. The van der Waals surface area contributed by atoms with E-state index in [1.165, 1.54) is 25.2 Å². The van der Waals surface area contributed by atoms with E-state index in [1.807, 2.05) is 24.3 Å². The number of benzene rings is 1. The van der Waals surface area contributed by atoms with Crippen molar-refractivity contribution in [3.63, 3.8) is 0 Å². The van der Waals surface area contributed by atoms with Crippen LogP contribution in [0.3, 0.4) is 0 Å². The van der Waals surface area contributed by atoms with E-state index in [2.05, 4.69) is 20.5 Å². The molecule has 1 aromatic heterocycles. The lowest BCUT2D eigenvalue weighted by Gasteiger charge is -2.10. The molecule has 2 N–H and O–H groups in total. The molecule has 1 atom stereocenters. The monoisotopic (exact) mass is 278 g/mol. The lowest BCUT2D eigenvalue weighted by molar-refractivity contribution is -0.124. The Hall–Kier alpha value is -1.86. The van der Waals surface area contributed by atoms with Gasteiger partial charge in [0.15, 0.2) is 5.16 Å². The van der Waals surface area contributed by atoms with Gasteiger partial charge in [-0.1, -0.05) is 11.8 Å². The van der Waals surface area contributed by atoms with E-state index in [-0.39, 0.29) is 5.91 Å². The summed E-state index contributed by atoms with van der Waals surface area (Å²) in [7, 11) is 1.50. The number of amides is 1. The smallest absolute Gasteiger partial charge is 0.253 e. The number of H-pyrrole nitrogens is 1. The summed E-state index contributed by atoms with van der Waals surface area (Å²) in [5.41, 5.74) is 0.732. The van der Waals surface area contributed by atoms with Crippen molar-refractivity contribution in [1.82, 2.24) is 15.2 Å². The molecule has 0 bridgehead atoms. The first-order valence-corrected chi connectivity index (χ1v) is 6.47. The maximum Gasteiger partial charge on any atom is 0.253 e. The largest absolute Gasteiger partial charge is 0.372 e. The molecule has 2 aromatic rings. The molecule has 2 rings (SSSR count). The summed E-state index contributed by atoms with van der Waals surface area (Å²) < 4.78 is 4.94. The highest BCUT2D eigenvalue weighted by Gasteiger charge is 2.11. The Morgan fingerprint density at radius 3 is 2.74 bits per heavy atom. The van der Waals surface area contributed by atoms with Crippen LogP contribution in [-0.2, 0) is 9.53 Å². The minimum absolute atomic E-state index is 0.168. The minimum atomic E-state index is -0.469. The zero-order chi connectivity index (χ0) is 13.7. The Labute approximate surface area is 115 Å². The molecule has 0 saturated heterocycles. The van der Waals surface area contributed by atoms with Gasteiger partial charge >= 0.3 is 0 Å². The van der Waals surface area contributed by atoms with Gasteiger partial charge in [-0.25, -0.2) is 4.98 Å². The molecule has 19 heavy (non-hydrogen) atoms. The van der Waals surface area contributed by atoms with E-state index < -0.39 is 6.10 Å². The predicted octanol–water partition coefficient (Wildman–Crippen LogP) is 1.93. The fourth-order valence-electron chi connectivity index (χ4n) is 1.31. The minimum Gasteiger partial charge on any atom is -0.372 e. The van der Waals surface area contributed by atoms with Crippen LogP contribution in [-0.4, -0.2) is 34.3 Å². The molecular weight excluding hydrogens is 264 g/mol. The fourth-order valence-corrected chi connectivity index (χ4v) is 2.01. The zero-order valence-electron chi connectivity index (χ0n) is 10.6. The summed E-state index contributed by atoms with van der Waals surface area (Å²) in [5.74, 6) is -0.168. The maximum atomic E-state index is 11.6. The molecule has 1 aromatic carbocycles. The quantitative estimate of drug-likeness (QED) is 0.873. The molecule has 0 fully saturated rings. The Kier molecular flexibility index (Phi) is 4.53. The molecule has 1 amide bonds. The Balaban J connectivity index is 1.96. The highest BCUT2D eigenvalue weighted by atomic mass is 32.2. The Morgan fingerprint density at radius 2 is 2.16 bits per heavy atom. The topological polar surface area (TPSA) is 79.9 Å². The molecular formula is C12H14N4O2S. The van der Waals surface area contributed by atoms with Crippen molar-refractivity contribution < 1.29 is 9.53 Å². The van der Waals surface area contributed by atoms with Gasteiger partial charge < -0.3 is 10.1 Å². The number of hydrogen-bond donors (Lipinski definition) is 2. The van der Waals surface area contributed by atoms with Crippen LogP contribution in [0.4, 0.5) is 5.69 Å². The van der Waals surface area contributed by atoms with Crippen LogP contribution in [0.15, 0.2) is 40.6 Å². The van der Waals surface area contributed by atoms with Gasteiger partial charge in [0, 0.05) is 17.7 Å². The van der Waals surface area contributed by atoms with E-state index in [1.54, 1.807) is 6.92 Å². The number of anilines is 1. The molecule has 0 saturated carbocycles. The van der Waals surface area contributed by atoms with E-state index >= 15 is 0 Å². The summed E-state index contributed by atoms with van der Waals surface area (Å²) in [6, 6.07) is 7.47. The lowest BCUT2D eigenvalue weighted by Crippen LogP contribution is -2.26. The molecule has 1 unspecified atom stereocenters. The molecule has 7 heteroatoms. The lowest BCUT2D eigenvalue weighted by atomic mass is 10.3. The van der Waals surface area contributed by atoms with Gasteiger partial charge in [-0.15, -0.1) is 0 Å². The van der Waals surface area contributed by atoms with Crippen molar-refractivity contribution in [1.29, 1.82) is 0 Å². The number of aromatic nitrogens is 3. The van der Waals surface area contributed by atoms with Crippen molar-refractivity contribution in [2.24, 2.45) is 0 Å². The first kappa shape index (κ1) is 13.6. The summed E-state index contributed by atoms with van der Waals surface area (Å²) in [4.78, 5) is 16.7. The average Bonchev–Trinajstić information content (AvgIpc) is 2.93. The Morgan fingerprint density at radius 1 is 1.42 bits per heavy atom. The summed E-state index contributed by atoms with van der Waals surface area (Å²) in [6.45, 7) is 1.70. The third kappa shape index (κ3) is 3.80. The third-order valence-electron chi connectivity index (χ3n) is 2.45. The van der Waals surface area contributed by atoms with Crippen molar-refractivity contribution >= 4 is 23.4 Å². The molecule has 0 aliphatic heterocycles. The first-order valence-electron chi connectivity index (χ1n) is 5.66. The number of rotatable bonds is 5. The summed E-state index contributed by atoms with van der Waals surface area (Å²) in [6.07, 6.45) is 0.992. The molecule has 0 radical (unpaired) electrons. The maximum absolute atomic E-state index is 11.6. The normalized spacial score (nSPS) is 12.1. The standard InChI is InChI=1S/C12H14N4O2S/c1-8(18-2)11(17)15-9-3-5-10(6-4-9)19-12-13-7-14-16-12/h3-8H,1-2H3,(H,15,17)(H,13,14,16). The molecule has 0 spiro atoms. The highest BCUT2D eigenvalue weighted by molar-refractivity contribution is 7.99. The van der Waals surface area contributed by atoms with Crippen molar-refractivity contribution in [3.8, 4) is 0 Å². The molecule has 6 nitrogen and oxygen atoms in total. The number of nitrogens with zero attached hydrogens (tertiary/aromatic N) is 2. The van der Waals surface area contributed by atoms with Gasteiger partial charge in [0.1, 0.15) is 12.4 Å². The van der Waals surface area contributed by atoms with E-state index in [4.69, 9.17) is 4.74 Å². The highest BCUT2D eigenvalue weighted by Crippen LogP contribution is 2.25. The Bertz CT molecular complexity index is 527. The van der Waals surface area contributed by atoms with Crippen LogP contribution in [0.5, 0.6) is 0 Å². The fraction of sp³-hybridized carbons (Fsp3) is 0.250. The van der Waals surface area contributed by atoms with Gasteiger partial charge in [0.25, 0.3) is 5.91 Å². The number of methoxy groups -OCH3 is 1. The second-order valence-electron chi connectivity index (χ2n) is 3.78. The third-order valence-corrected chi connectivity index (χ3v) is 3.35. The van der Waals surface area contributed by atoms with E-state index in [0.717, 1.165) is 15.7 Å². The van der Waals surface area contributed by atoms with Gasteiger partial charge in [0.05, 0.1) is 0 Å². The molecule has 0 aliphatic rings. The zero-order valence-corrected chi connectivity index (χ0v) is 11.4. The predicted molar refractivity (Wildman–Crippen MR) is 72.0 cm³/mol. The average molecular weight is 278 g/mol. The van der Waals surface area contributed by atoms with Crippen LogP contribution >= 0.6 is 11.8 Å². The van der Waals surface area contributed by atoms with Crippen LogP contribution < -0.4 is 5.32 Å². The number of nitrogens with one attached hydrogen (secondary N) is 2. The number of carbonyl (C=O) groups is 1. The number of ether oxygens (including phenoxy) is 1. The van der Waals surface area contributed by atoms with E-state index in [0.29, 0.717) is 0 Å². The van der Waals surface area contributed by atoms with Crippen LogP contribution in [0, 0.1) is 0 Å². The molecule has 1 heterocycles. The molecule has 0 aliphatic carbocycles. The summed E-state index contributed by atoms with van der Waals surface area (Å²) in [5, 5.41) is 10.0. The van der Waals surface area contributed by atoms with Gasteiger partial charge in [-0.2, -0.15) is 5.10 Å². The first-order chi connectivity index (χ1) is 9.19. The molecule has 100 valence electrons. The van der Waals surface area contributed by atoms with Crippen molar-refractivity contribution in [2.45, 2.75) is 23.1 Å². The van der Waals surface area contributed by atoms with Crippen LogP contribution in [0.1, 0.15) is 6.92 Å². The van der Waals surface area contributed by atoms with Crippen LogP contribution in [0.2, 0.25) is 0 Å². The van der Waals surface area contributed by atoms with Gasteiger partial charge in [0.2, 0.25) is 0 Å². The van der Waals surface area contributed by atoms with E-state index in [9.17, 15) is 4.79 Å². The number of carbonyl (C=O) groups excluding carboxylic acids is 1. The van der Waals surface area contributed by atoms with Gasteiger partial charge in [-0.05, 0) is 31.2 Å². The summed E-state index contributed by atoms with van der Waals surface area (Å²) >= 11 is 1.47. The number of aromatic amines is 1. The SMILES string of the molecule is COC(C)C(=O)Nc1ccc(Sc2ncn[nH]2)cc1. The second kappa shape index (κ2) is 6.35. The van der Waals surface area contributed by atoms with Crippen LogP contribution in [0.25, 0.3) is 0 Å². The van der Waals surface area contributed by atoms with Gasteiger partial charge in [-0.3, -0.25) is 9.89 Å². The second-order valence-corrected chi connectivity index (χ2v) is 4.85. The van der Waals surface area contributed by atoms with Crippen molar-refractivity contribution in [3.05, 3.63) is 30.6 Å².